The molecule has 0 spiro atoms. The maximum absolute atomic E-state index is 12.3. The molecule has 22 heavy (non-hydrogen) atoms. The molecule has 1 fully saturated rings. The second-order valence-corrected chi connectivity index (χ2v) is 5.31. The maximum Gasteiger partial charge on any atom is 0.224 e. The molecule has 0 radical (unpaired) electrons. The zero-order chi connectivity index (χ0) is 15.4. The van der Waals surface area contributed by atoms with Crippen molar-refractivity contribution in [1.82, 2.24) is 24.4 Å². The van der Waals surface area contributed by atoms with Gasteiger partial charge in [-0.1, -0.05) is 0 Å². The molecule has 1 aliphatic rings. The second-order valence-electron chi connectivity index (χ2n) is 5.31. The molecule has 2 aromatic heterocycles. The molecule has 7 nitrogen and oxygen atoms in total. The number of hydrogen-bond acceptors (Lipinski definition) is 5. The molecular formula is C15H19N5O2. The lowest BCUT2D eigenvalue weighted by atomic mass is 10.2. The van der Waals surface area contributed by atoms with Crippen LogP contribution in [0.5, 0.6) is 0 Å². The van der Waals surface area contributed by atoms with Gasteiger partial charge in [0, 0.05) is 43.8 Å². The third-order valence-corrected chi connectivity index (χ3v) is 3.66. The summed E-state index contributed by atoms with van der Waals surface area (Å²) in [7, 11) is 0. The van der Waals surface area contributed by atoms with Gasteiger partial charge in [-0.15, -0.1) is 0 Å². The van der Waals surface area contributed by atoms with Gasteiger partial charge < -0.3 is 14.2 Å². The van der Waals surface area contributed by atoms with Crippen molar-refractivity contribution < 1.29 is 9.53 Å². The summed E-state index contributed by atoms with van der Waals surface area (Å²) in [6.07, 6.45) is 7.22. The Labute approximate surface area is 129 Å². The smallest absolute Gasteiger partial charge is 0.224 e. The van der Waals surface area contributed by atoms with E-state index in [1.54, 1.807) is 18.7 Å². The first-order valence-electron chi connectivity index (χ1n) is 7.37. The summed E-state index contributed by atoms with van der Waals surface area (Å²) in [5.41, 5.74) is 0.900. The Morgan fingerprint density at radius 1 is 1.45 bits per heavy atom. The van der Waals surface area contributed by atoms with Crippen molar-refractivity contribution in [3.8, 4) is 0 Å². The SMILES string of the molecule is Cc1ccnc([C@@H]2CN(C(=O)CCn3ccnc3)CCO2)n1. The molecule has 0 bridgehead atoms. The molecule has 1 amide bonds. The van der Waals surface area contributed by atoms with Crippen LogP contribution in [0.25, 0.3) is 0 Å². The van der Waals surface area contributed by atoms with Crippen molar-refractivity contribution >= 4 is 5.91 Å². The highest BCUT2D eigenvalue weighted by molar-refractivity contribution is 5.76. The average Bonchev–Trinajstić information content (AvgIpc) is 3.06. The fraction of sp³-hybridized carbons (Fsp3) is 0.467. The summed E-state index contributed by atoms with van der Waals surface area (Å²) < 4.78 is 7.62. The van der Waals surface area contributed by atoms with Gasteiger partial charge in [0.1, 0.15) is 6.10 Å². The van der Waals surface area contributed by atoms with Crippen LogP contribution in [0.3, 0.4) is 0 Å². The number of aromatic nitrogens is 4. The Balaban J connectivity index is 1.59. The van der Waals surface area contributed by atoms with Crippen molar-refractivity contribution in [3.05, 3.63) is 42.5 Å². The van der Waals surface area contributed by atoms with E-state index in [9.17, 15) is 4.79 Å². The van der Waals surface area contributed by atoms with E-state index >= 15 is 0 Å². The van der Waals surface area contributed by atoms with Gasteiger partial charge in [0.05, 0.1) is 19.5 Å². The van der Waals surface area contributed by atoms with Gasteiger partial charge in [-0.05, 0) is 13.0 Å². The molecule has 3 rings (SSSR count). The van der Waals surface area contributed by atoms with Crippen LogP contribution in [0.15, 0.2) is 31.0 Å². The monoisotopic (exact) mass is 301 g/mol. The standard InChI is InChI=1S/C15H19N5O2/c1-12-2-4-17-15(18-12)13-10-20(8-9-22-13)14(21)3-6-19-7-5-16-11-19/h2,4-5,7,11,13H,3,6,8-10H2,1H3/t13-/m0/s1. The van der Waals surface area contributed by atoms with Gasteiger partial charge in [0.2, 0.25) is 5.91 Å². The van der Waals surface area contributed by atoms with Crippen LogP contribution in [-0.2, 0) is 16.1 Å². The molecule has 0 unspecified atom stereocenters. The Hall–Kier alpha value is -2.28. The van der Waals surface area contributed by atoms with Crippen molar-refractivity contribution in [1.29, 1.82) is 0 Å². The summed E-state index contributed by atoms with van der Waals surface area (Å²) in [6, 6.07) is 1.85. The number of rotatable bonds is 4. The summed E-state index contributed by atoms with van der Waals surface area (Å²) in [5.74, 6) is 0.766. The summed E-state index contributed by atoms with van der Waals surface area (Å²) in [6.45, 7) is 4.19. The van der Waals surface area contributed by atoms with Gasteiger partial charge in [-0.3, -0.25) is 4.79 Å². The fourth-order valence-electron chi connectivity index (χ4n) is 2.46. The van der Waals surface area contributed by atoms with Gasteiger partial charge in [0.15, 0.2) is 5.82 Å². The minimum absolute atomic E-state index is 0.120. The summed E-state index contributed by atoms with van der Waals surface area (Å²) in [5, 5.41) is 0. The zero-order valence-electron chi connectivity index (χ0n) is 12.6. The van der Waals surface area contributed by atoms with E-state index in [0.717, 1.165) is 5.69 Å². The minimum atomic E-state index is -0.245. The number of carbonyl (C=O) groups excluding carboxylic acids is 1. The second kappa shape index (κ2) is 6.65. The van der Waals surface area contributed by atoms with Crippen molar-refractivity contribution in [2.45, 2.75) is 26.0 Å². The first-order valence-corrected chi connectivity index (χ1v) is 7.37. The van der Waals surface area contributed by atoms with Crippen LogP contribution in [0.2, 0.25) is 0 Å². The molecule has 116 valence electrons. The van der Waals surface area contributed by atoms with Crippen molar-refractivity contribution in [2.24, 2.45) is 0 Å². The Bertz CT molecular complexity index is 629. The first kappa shape index (κ1) is 14.6. The zero-order valence-corrected chi connectivity index (χ0v) is 12.6. The number of morpholine rings is 1. The number of imidazole rings is 1. The molecule has 1 saturated heterocycles. The van der Waals surface area contributed by atoms with Crippen LogP contribution in [0.1, 0.15) is 24.0 Å². The van der Waals surface area contributed by atoms with Crippen LogP contribution in [0.4, 0.5) is 0 Å². The van der Waals surface area contributed by atoms with Gasteiger partial charge >= 0.3 is 0 Å². The Morgan fingerprint density at radius 2 is 2.36 bits per heavy atom. The predicted molar refractivity (Wildman–Crippen MR) is 78.9 cm³/mol. The topological polar surface area (TPSA) is 73.1 Å². The lowest BCUT2D eigenvalue weighted by Crippen LogP contribution is -2.42. The van der Waals surface area contributed by atoms with Crippen LogP contribution in [-0.4, -0.2) is 50.0 Å². The number of nitrogens with zero attached hydrogens (tertiary/aromatic N) is 5. The highest BCUT2D eigenvalue weighted by atomic mass is 16.5. The molecule has 7 heteroatoms. The number of amides is 1. The molecule has 0 aromatic carbocycles. The molecule has 3 heterocycles. The van der Waals surface area contributed by atoms with Gasteiger partial charge in [-0.25, -0.2) is 15.0 Å². The number of ether oxygens (including phenoxy) is 1. The van der Waals surface area contributed by atoms with E-state index in [2.05, 4.69) is 15.0 Å². The molecule has 1 atom stereocenters. The maximum atomic E-state index is 12.3. The normalized spacial score (nSPS) is 18.4. The quantitative estimate of drug-likeness (QED) is 0.841. The van der Waals surface area contributed by atoms with E-state index in [1.807, 2.05) is 28.7 Å². The Morgan fingerprint density at radius 3 is 3.14 bits per heavy atom. The number of carbonyl (C=O) groups is 1. The predicted octanol–water partition coefficient (Wildman–Crippen LogP) is 0.972. The van der Waals surface area contributed by atoms with Crippen LogP contribution < -0.4 is 0 Å². The van der Waals surface area contributed by atoms with Crippen molar-refractivity contribution in [2.75, 3.05) is 19.7 Å². The summed E-state index contributed by atoms with van der Waals surface area (Å²) >= 11 is 0. The highest BCUT2D eigenvalue weighted by Gasteiger charge is 2.26. The third-order valence-electron chi connectivity index (χ3n) is 3.66. The lowest BCUT2D eigenvalue weighted by Gasteiger charge is -2.32. The van der Waals surface area contributed by atoms with E-state index in [4.69, 9.17) is 4.74 Å². The number of aryl methyl sites for hydroxylation is 2. The van der Waals surface area contributed by atoms with E-state index in [-0.39, 0.29) is 12.0 Å². The molecule has 0 aliphatic carbocycles. The number of hydrogen-bond donors (Lipinski definition) is 0. The van der Waals surface area contributed by atoms with Crippen molar-refractivity contribution in [3.63, 3.8) is 0 Å². The van der Waals surface area contributed by atoms with Crippen LogP contribution >= 0.6 is 0 Å². The van der Waals surface area contributed by atoms with E-state index in [1.165, 1.54) is 0 Å². The average molecular weight is 301 g/mol. The van der Waals surface area contributed by atoms with Gasteiger partial charge in [0.25, 0.3) is 0 Å². The fourth-order valence-corrected chi connectivity index (χ4v) is 2.46. The molecule has 1 aliphatic heterocycles. The molecule has 0 saturated carbocycles. The molecule has 2 aromatic rings. The molecule has 0 N–H and O–H groups in total. The molecular weight excluding hydrogens is 282 g/mol. The summed E-state index contributed by atoms with van der Waals surface area (Å²) in [4.78, 5) is 26.8. The van der Waals surface area contributed by atoms with Crippen LogP contribution in [0, 0.1) is 6.92 Å². The third kappa shape index (κ3) is 3.48. The minimum Gasteiger partial charge on any atom is -0.367 e. The lowest BCUT2D eigenvalue weighted by molar-refractivity contribution is -0.139. The highest BCUT2D eigenvalue weighted by Crippen LogP contribution is 2.19. The first-order chi connectivity index (χ1) is 10.7. The largest absolute Gasteiger partial charge is 0.367 e. The van der Waals surface area contributed by atoms with E-state index in [0.29, 0.717) is 38.5 Å². The van der Waals surface area contributed by atoms with E-state index < -0.39 is 0 Å². The Kier molecular flexibility index (Phi) is 4.43. The van der Waals surface area contributed by atoms with Gasteiger partial charge in [-0.2, -0.15) is 0 Å².